The van der Waals surface area contributed by atoms with Crippen LogP contribution in [0, 0.1) is 5.92 Å². The molecule has 0 radical (unpaired) electrons. The van der Waals surface area contributed by atoms with Crippen LogP contribution in [-0.4, -0.2) is 40.8 Å². The Labute approximate surface area is 107 Å². The molecule has 0 aliphatic heterocycles. The molecule has 0 aliphatic rings. The Balaban J connectivity index is 4.27. The van der Waals surface area contributed by atoms with E-state index in [-0.39, 0.29) is 5.92 Å². The minimum atomic E-state index is -1.02. The monoisotopic (exact) mass is 261 g/mol. The van der Waals surface area contributed by atoms with Crippen molar-refractivity contribution in [2.24, 2.45) is 11.7 Å². The van der Waals surface area contributed by atoms with Crippen LogP contribution in [0.5, 0.6) is 0 Å². The molecule has 2 atom stereocenters. The van der Waals surface area contributed by atoms with Crippen LogP contribution in [0.3, 0.4) is 0 Å². The van der Waals surface area contributed by atoms with Gasteiger partial charge in [0.05, 0.1) is 0 Å². The minimum absolute atomic E-state index is 0.202. The van der Waals surface area contributed by atoms with Gasteiger partial charge >= 0.3 is 11.9 Å². The molecule has 0 aromatic heterocycles. The number of hydrogen-bond donors (Lipinski definition) is 5. The Kier molecular flexibility index (Phi) is 8.27. The number of carboxylic acid groups (broad SMARTS) is 2. The van der Waals surface area contributed by atoms with Gasteiger partial charge in [-0.15, -0.1) is 0 Å². The fourth-order valence-electron chi connectivity index (χ4n) is 1.47. The van der Waals surface area contributed by atoms with Crippen molar-refractivity contribution < 1.29 is 19.8 Å². The number of nitrogens with two attached hydrogens (primary N) is 1. The number of hydrogen-bond acceptors (Lipinski definition) is 5. The first-order valence-corrected chi connectivity index (χ1v) is 6.05. The van der Waals surface area contributed by atoms with Gasteiger partial charge in [-0.25, -0.2) is 10.9 Å². The SMILES string of the molecule is CC(C)C[C@H](NN[C@@H](CCCN)C(=O)O)C(=O)O. The van der Waals surface area contributed by atoms with Gasteiger partial charge in [0.25, 0.3) is 0 Å². The number of aliphatic carboxylic acids is 2. The lowest BCUT2D eigenvalue weighted by molar-refractivity contribution is -0.143. The summed E-state index contributed by atoms with van der Waals surface area (Å²) in [7, 11) is 0. The number of rotatable bonds is 10. The number of carboxylic acids is 2. The van der Waals surface area contributed by atoms with Crippen LogP contribution in [-0.2, 0) is 9.59 Å². The third-order valence-corrected chi connectivity index (χ3v) is 2.43. The predicted molar refractivity (Wildman–Crippen MR) is 66.9 cm³/mol. The van der Waals surface area contributed by atoms with Gasteiger partial charge in [-0.05, 0) is 31.7 Å². The normalized spacial score (nSPS) is 14.4. The van der Waals surface area contributed by atoms with Crippen molar-refractivity contribution >= 4 is 11.9 Å². The summed E-state index contributed by atoms with van der Waals surface area (Å²) in [6, 6.07) is -1.63. The van der Waals surface area contributed by atoms with E-state index in [0.717, 1.165) is 0 Å². The third-order valence-electron chi connectivity index (χ3n) is 2.43. The topological polar surface area (TPSA) is 125 Å². The van der Waals surface area contributed by atoms with E-state index in [4.69, 9.17) is 15.9 Å². The first-order chi connectivity index (χ1) is 8.38. The molecule has 0 fully saturated rings. The average molecular weight is 261 g/mol. The van der Waals surface area contributed by atoms with Gasteiger partial charge in [-0.3, -0.25) is 9.59 Å². The van der Waals surface area contributed by atoms with Crippen molar-refractivity contribution in [3.05, 3.63) is 0 Å². The van der Waals surface area contributed by atoms with E-state index in [1.54, 1.807) is 0 Å². The quantitative estimate of drug-likeness (QED) is 0.344. The second-order valence-corrected chi connectivity index (χ2v) is 4.63. The van der Waals surface area contributed by atoms with Crippen molar-refractivity contribution in [1.82, 2.24) is 10.9 Å². The first-order valence-electron chi connectivity index (χ1n) is 6.05. The molecule has 0 bridgehead atoms. The Morgan fingerprint density at radius 3 is 2.00 bits per heavy atom. The predicted octanol–water partition coefficient (Wildman–Crippen LogP) is -0.228. The van der Waals surface area contributed by atoms with Crippen molar-refractivity contribution in [2.45, 2.75) is 45.2 Å². The van der Waals surface area contributed by atoms with Gasteiger partial charge in [0.1, 0.15) is 12.1 Å². The fourth-order valence-corrected chi connectivity index (χ4v) is 1.47. The average Bonchev–Trinajstić information content (AvgIpc) is 2.26. The highest BCUT2D eigenvalue weighted by Gasteiger charge is 2.22. The summed E-state index contributed by atoms with van der Waals surface area (Å²) in [4.78, 5) is 21.9. The van der Waals surface area contributed by atoms with Gasteiger partial charge < -0.3 is 15.9 Å². The number of carbonyl (C=O) groups is 2. The molecular weight excluding hydrogens is 238 g/mol. The molecule has 0 saturated heterocycles. The van der Waals surface area contributed by atoms with Gasteiger partial charge in [-0.1, -0.05) is 13.8 Å². The maximum absolute atomic E-state index is 11.0. The maximum atomic E-state index is 11.0. The zero-order valence-electron chi connectivity index (χ0n) is 10.8. The Morgan fingerprint density at radius 1 is 1.11 bits per heavy atom. The van der Waals surface area contributed by atoms with Crippen molar-refractivity contribution in [2.75, 3.05) is 6.54 Å². The molecule has 0 unspecified atom stereocenters. The van der Waals surface area contributed by atoms with Crippen molar-refractivity contribution in [3.8, 4) is 0 Å². The zero-order chi connectivity index (χ0) is 14.1. The molecule has 0 saturated carbocycles. The molecule has 0 aromatic rings. The molecule has 0 aromatic carbocycles. The van der Waals surface area contributed by atoms with E-state index in [2.05, 4.69) is 10.9 Å². The summed E-state index contributed by atoms with van der Waals surface area (Å²) in [6.45, 7) is 4.21. The van der Waals surface area contributed by atoms with Crippen molar-refractivity contribution in [1.29, 1.82) is 0 Å². The lowest BCUT2D eigenvalue weighted by Crippen LogP contribution is -2.52. The minimum Gasteiger partial charge on any atom is -0.480 e. The first kappa shape index (κ1) is 16.8. The van der Waals surface area contributed by atoms with Crippen LogP contribution in [0.2, 0.25) is 0 Å². The molecule has 0 amide bonds. The van der Waals surface area contributed by atoms with Crippen LogP contribution in [0.15, 0.2) is 0 Å². The fraction of sp³-hybridized carbons (Fsp3) is 0.818. The molecule has 0 aliphatic carbocycles. The molecule has 106 valence electrons. The molecule has 18 heavy (non-hydrogen) atoms. The summed E-state index contributed by atoms with van der Waals surface area (Å²) in [6.07, 6.45) is 1.34. The van der Waals surface area contributed by atoms with Crippen LogP contribution in [0.1, 0.15) is 33.1 Å². The maximum Gasteiger partial charge on any atom is 0.322 e. The molecule has 0 spiro atoms. The van der Waals surface area contributed by atoms with Gasteiger partial charge in [-0.2, -0.15) is 0 Å². The molecule has 0 rings (SSSR count). The summed E-state index contributed by atoms with van der Waals surface area (Å²) in [5.41, 5.74) is 10.4. The lowest BCUT2D eigenvalue weighted by atomic mass is 10.0. The van der Waals surface area contributed by atoms with Crippen LogP contribution >= 0.6 is 0 Å². The smallest absolute Gasteiger partial charge is 0.322 e. The molecule has 7 heteroatoms. The summed E-state index contributed by atoms with van der Waals surface area (Å²) in [5, 5.41) is 17.9. The summed E-state index contributed by atoms with van der Waals surface area (Å²) < 4.78 is 0. The highest BCUT2D eigenvalue weighted by Crippen LogP contribution is 2.04. The summed E-state index contributed by atoms with van der Waals surface area (Å²) >= 11 is 0. The number of nitrogens with one attached hydrogen (secondary N) is 2. The summed E-state index contributed by atoms with van der Waals surface area (Å²) in [5.74, 6) is -1.82. The van der Waals surface area contributed by atoms with Crippen LogP contribution < -0.4 is 16.6 Å². The lowest BCUT2D eigenvalue weighted by Gasteiger charge is -2.20. The number of hydrazine groups is 1. The van der Waals surface area contributed by atoms with E-state index in [9.17, 15) is 9.59 Å². The zero-order valence-corrected chi connectivity index (χ0v) is 10.8. The van der Waals surface area contributed by atoms with E-state index >= 15 is 0 Å². The van der Waals surface area contributed by atoms with E-state index in [1.165, 1.54) is 0 Å². The van der Waals surface area contributed by atoms with Crippen LogP contribution in [0.25, 0.3) is 0 Å². The second-order valence-electron chi connectivity index (χ2n) is 4.63. The molecule has 0 heterocycles. The highest BCUT2D eigenvalue weighted by molar-refractivity contribution is 5.74. The van der Waals surface area contributed by atoms with Crippen LogP contribution in [0.4, 0.5) is 0 Å². The molecule has 6 N–H and O–H groups in total. The third kappa shape index (κ3) is 7.21. The Morgan fingerprint density at radius 2 is 1.61 bits per heavy atom. The van der Waals surface area contributed by atoms with E-state index in [0.29, 0.717) is 25.8 Å². The Hall–Kier alpha value is -1.18. The highest BCUT2D eigenvalue weighted by atomic mass is 16.4. The van der Waals surface area contributed by atoms with E-state index in [1.807, 2.05) is 13.8 Å². The Bertz CT molecular complexity index is 271. The van der Waals surface area contributed by atoms with Gasteiger partial charge in [0.15, 0.2) is 0 Å². The van der Waals surface area contributed by atoms with E-state index < -0.39 is 24.0 Å². The second kappa shape index (κ2) is 8.84. The largest absolute Gasteiger partial charge is 0.480 e. The molecule has 7 nitrogen and oxygen atoms in total. The van der Waals surface area contributed by atoms with Gasteiger partial charge in [0, 0.05) is 0 Å². The van der Waals surface area contributed by atoms with Gasteiger partial charge in [0.2, 0.25) is 0 Å². The van der Waals surface area contributed by atoms with Crippen molar-refractivity contribution in [3.63, 3.8) is 0 Å². The standard InChI is InChI=1S/C11H23N3O4/c1-7(2)6-9(11(17)18)14-13-8(10(15)16)4-3-5-12/h7-9,13-14H,3-6,12H2,1-2H3,(H,15,16)(H,17,18)/t8-,9-/m0/s1. The molecular formula is C11H23N3O4.